The Morgan fingerprint density at radius 3 is 2.42 bits per heavy atom. The molecular weight excluding hydrogens is 334 g/mol. The number of carbonyl (C=O) groups excluding carboxylic acids is 2. The average Bonchev–Trinajstić information content (AvgIpc) is 2.65. The number of amides is 2. The van der Waals surface area contributed by atoms with Crippen LogP contribution in [0, 0.1) is 5.92 Å². The minimum atomic E-state index is -0.607. The maximum Gasteiger partial charge on any atom is 0.255 e. The number of nitrogens with one attached hydrogen (secondary N) is 1. The Hall–Kier alpha value is -3.06. The van der Waals surface area contributed by atoms with Gasteiger partial charge in [-0.1, -0.05) is 37.3 Å². The second-order valence-electron chi connectivity index (χ2n) is 5.84. The highest BCUT2D eigenvalue weighted by Crippen LogP contribution is 2.31. The smallest absolute Gasteiger partial charge is 0.255 e. The van der Waals surface area contributed by atoms with E-state index in [1.807, 2.05) is 30.3 Å². The third kappa shape index (κ3) is 4.97. The molecule has 7 heteroatoms. The van der Waals surface area contributed by atoms with Gasteiger partial charge in [-0.15, -0.1) is 0 Å². The molecule has 0 bridgehead atoms. The van der Waals surface area contributed by atoms with Crippen LogP contribution in [0.4, 0.5) is 5.69 Å². The second-order valence-corrected chi connectivity index (χ2v) is 5.84. The summed E-state index contributed by atoms with van der Waals surface area (Å²) >= 11 is 0. The zero-order chi connectivity index (χ0) is 19.1. The number of hydrogen-bond acceptors (Lipinski definition) is 5. The van der Waals surface area contributed by atoms with Crippen molar-refractivity contribution in [3.8, 4) is 11.5 Å². The molecule has 0 fully saturated rings. The molecule has 0 aromatic heterocycles. The number of anilines is 1. The zero-order valence-corrected chi connectivity index (χ0v) is 14.8. The van der Waals surface area contributed by atoms with Crippen molar-refractivity contribution < 1.29 is 19.1 Å². The number of methoxy groups -OCH3 is 1. The largest absolute Gasteiger partial charge is 0.493 e. The zero-order valence-electron chi connectivity index (χ0n) is 14.8. The number of carbonyl (C=O) groups is 2. The molecule has 7 nitrogen and oxygen atoms in total. The lowest BCUT2D eigenvalue weighted by Crippen LogP contribution is -2.30. The summed E-state index contributed by atoms with van der Waals surface area (Å²) in [5.41, 5.74) is 12.7. The van der Waals surface area contributed by atoms with Crippen LogP contribution < -0.4 is 26.3 Å². The van der Waals surface area contributed by atoms with Gasteiger partial charge in [-0.05, 0) is 17.7 Å². The van der Waals surface area contributed by atoms with Crippen molar-refractivity contribution >= 4 is 17.5 Å². The summed E-state index contributed by atoms with van der Waals surface area (Å²) in [7, 11) is 1.48. The number of hydrogen-bond donors (Lipinski definition) is 3. The first-order valence-electron chi connectivity index (χ1n) is 8.13. The van der Waals surface area contributed by atoms with Gasteiger partial charge in [-0.25, -0.2) is 0 Å². The summed E-state index contributed by atoms with van der Waals surface area (Å²) in [4.78, 5) is 23.4. The molecule has 0 radical (unpaired) electrons. The fourth-order valence-electron chi connectivity index (χ4n) is 2.40. The highest BCUT2D eigenvalue weighted by Gasteiger charge is 2.22. The highest BCUT2D eigenvalue weighted by atomic mass is 16.5. The SMILES string of the molecule is COc1ccc(NC(=O)C(C)C(N)c2ccccc2)cc1OCC(N)=O. The Labute approximate surface area is 152 Å². The van der Waals surface area contributed by atoms with Crippen molar-refractivity contribution in [2.45, 2.75) is 13.0 Å². The third-order valence-corrected chi connectivity index (χ3v) is 3.94. The molecule has 0 aliphatic rings. The van der Waals surface area contributed by atoms with Crippen LogP contribution in [-0.4, -0.2) is 25.5 Å². The fraction of sp³-hybridized carbons (Fsp3) is 0.263. The van der Waals surface area contributed by atoms with Gasteiger partial charge in [0.1, 0.15) is 0 Å². The maximum absolute atomic E-state index is 12.5. The summed E-state index contributed by atoms with van der Waals surface area (Å²) in [6.45, 7) is 1.48. The molecule has 0 aliphatic heterocycles. The van der Waals surface area contributed by atoms with Crippen LogP contribution in [0.25, 0.3) is 0 Å². The van der Waals surface area contributed by atoms with Crippen molar-refractivity contribution in [1.82, 2.24) is 0 Å². The summed E-state index contributed by atoms with van der Waals surface area (Å²) in [5, 5.41) is 2.80. The lowest BCUT2D eigenvalue weighted by molar-refractivity contribution is -0.120. The summed E-state index contributed by atoms with van der Waals surface area (Å²) < 4.78 is 10.5. The van der Waals surface area contributed by atoms with Crippen molar-refractivity contribution in [3.05, 3.63) is 54.1 Å². The lowest BCUT2D eigenvalue weighted by atomic mass is 9.94. The lowest BCUT2D eigenvalue weighted by Gasteiger charge is -2.20. The van der Waals surface area contributed by atoms with E-state index in [1.165, 1.54) is 7.11 Å². The normalized spacial score (nSPS) is 12.7. The number of benzene rings is 2. The average molecular weight is 357 g/mol. The highest BCUT2D eigenvalue weighted by molar-refractivity contribution is 5.93. The van der Waals surface area contributed by atoms with Crippen LogP contribution in [0.5, 0.6) is 11.5 Å². The Morgan fingerprint density at radius 1 is 1.12 bits per heavy atom. The van der Waals surface area contributed by atoms with E-state index in [2.05, 4.69) is 5.32 Å². The van der Waals surface area contributed by atoms with Gasteiger partial charge >= 0.3 is 0 Å². The monoisotopic (exact) mass is 357 g/mol. The van der Waals surface area contributed by atoms with E-state index in [0.29, 0.717) is 17.2 Å². The van der Waals surface area contributed by atoms with Crippen LogP contribution in [-0.2, 0) is 9.59 Å². The standard InChI is InChI=1S/C19H23N3O4/c1-12(18(21)13-6-4-3-5-7-13)19(24)22-14-8-9-15(25-2)16(10-14)26-11-17(20)23/h3-10,12,18H,11,21H2,1-2H3,(H2,20,23)(H,22,24). The van der Waals surface area contributed by atoms with Gasteiger partial charge in [-0.3, -0.25) is 9.59 Å². The Bertz CT molecular complexity index is 765. The molecule has 26 heavy (non-hydrogen) atoms. The van der Waals surface area contributed by atoms with Crippen LogP contribution in [0.2, 0.25) is 0 Å². The quantitative estimate of drug-likeness (QED) is 0.666. The van der Waals surface area contributed by atoms with Crippen molar-refractivity contribution in [3.63, 3.8) is 0 Å². The molecule has 2 aromatic carbocycles. The molecule has 0 saturated heterocycles. The minimum Gasteiger partial charge on any atom is -0.493 e. The topological polar surface area (TPSA) is 117 Å². The van der Waals surface area contributed by atoms with E-state index in [9.17, 15) is 9.59 Å². The van der Waals surface area contributed by atoms with E-state index < -0.39 is 17.9 Å². The van der Waals surface area contributed by atoms with Crippen LogP contribution in [0.1, 0.15) is 18.5 Å². The Balaban J connectivity index is 2.10. The van der Waals surface area contributed by atoms with E-state index in [1.54, 1.807) is 25.1 Å². The summed E-state index contributed by atoms with van der Waals surface area (Å²) in [6.07, 6.45) is 0. The number of nitrogens with two attached hydrogens (primary N) is 2. The molecule has 2 rings (SSSR count). The molecule has 0 aliphatic carbocycles. The Kier molecular flexibility index (Phi) is 6.57. The van der Waals surface area contributed by atoms with Crippen molar-refractivity contribution in [2.75, 3.05) is 19.0 Å². The van der Waals surface area contributed by atoms with Crippen LogP contribution in [0.3, 0.4) is 0 Å². The number of ether oxygens (including phenoxy) is 2. The van der Waals surface area contributed by atoms with Gasteiger partial charge in [0.25, 0.3) is 5.91 Å². The predicted octanol–water partition coefficient (Wildman–Crippen LogP) is 1.83. The van der Waals surface area contributed by atoms with Gasteiger partial charge in [0.05, 0.1) is 13.0 Å². The molecule has 0 saturated carbocycles. The van der Waals surface area contributed by atoms with Crippen molar-refractivity contribution in [2.24, 2.45) is 17.4 Å². The second kappa shape index (κ2) is 8.87. The molecule has 0 spiro atoms. The van der Waals surface area contributed by atoms with Gasteiger partial charge in [0.2, 0.25) is 5.91 Å². The maximum atomic E-state index is 12.5. The molecule has 2 atom stereocenters. The third-order valence-electron chi connectivity index (χ3n) is 3.94. The van der Waals surface area contributed by atoms with Gasteiger partial charge in [-0.2, -0.15) is 0 Å². The van der Waals surface area contributed by atoms with E-state index in [-0.39, 0.29) is 12.5 Å². The van der Waals surface area contributed by atoms with E-state index >= 15 is 0 Å². The molecule has 2 unspecified atom stereocenters. The molecule has 138 valence electrons. The first-order chi connectivity index (χ1) is 12.4. The number of rotatable bonds is 8. The van der Waals surface area contributed by atoms with Gasteiger partial charge in [0, 0.05) is 17.8 Å². The molecule has 2 amide bonds. The van der Waals surface area contributed by atoms with E-state index in [4.69, 9.17) is 20.9 Å². The fourth-order valence-corrected chi connectivity index (χ4v) is 2.40. The first-order valence-corrected chi connectivity index (χ1v) is 8.13. The minimum absolute atomic E-state index is 0.229. The molecule has 0 heterocycles. The molecule has 5 N–H and O–H groups in total. The van der Waals surface area contributed by atoms with Crippen molar-refractivity contribution in [1.29, 1.82) is 0 Å². The van der Waals surface area contributed by atoms with Crippen LogP contribution >= 0.6 is 0 Å². The molecular formula is C19H23N3O4. The van der Waals surface area contributed by atoms with Gasteiger partial charge < -0.3 is 26.3 Å². The van der Waals surface area contributed by atoms with E-state index in [0.717, 1.165) is 5.56 Å². The van der Waals surface area contributed by atoms with Gasteiger partial charge in [0.15, 0.2) is 18.1 Å². The number of primary amides is 1. The molecule has 2 aromatic rings. The predicted molar refractivity (Wildman–Crippen MR) is 98.8 cm³/mol. The van der Waals surface area contributed by atoms with Crippen LogP contribution in [0.15, 0.2) is 48.5 Å². The summed E-state index contributed by atoms with van der Waals surface area (Å²) in [5.74, 6) is -0.548. The first kappa shape index (κ1) is 19.3. The summed E-state index contributed by atoms with van der Waals surface area (Å²) in [6, 6.07) is 13.9. The Morgan fingerprint density at radius 2 is 1.81 bits per heavy atom.